The number of carbonyl (C=O) groups is 2. The van der Waals surface area contributed by atoms with Gasteiger partial charge < -0.3 is 19.5 Å². The van der Waals surface area contributed by atoms with Crippen LogP contribution in [-0.2, 0) is 20.9 Å². The summed E-state index contributed by atoms with van der Waals surface area (Å²) in [7, 11) is 0. The van der Waals surface area contributed by atoms with E-state index in [0.717, 1.165) is 5.56 Å². The molecule has 6 heteroatoms. The van der Waals surface area contributed by atoms with Crippen LogP contribution in [0.2, 0.25) is 0 Å². The monoisotopic (exact) mass is 279 g/mol. The number of rotatable bonds is 3. The molecular weight excluding hydrogens is 262 g/mol. The second kappa shape index (κ2) is 6.91. The van der Waals surface area contributed by atoms with Crippen molar-refractivity contribution in [3.63, 3.8) is 0 Å². The van der Waals surface area contributed by atoms with Crippen molar-refractivity contribution in [2.75, 3.05) is 19.7 Å². The number of ether oxygens (including phenoxy) is 2. The molecule has 0 aliphatic carbocycles. The molecule has 0 saturated carbocycles. The summed E-state index contributed by atoms with van der Waals surface area (Å²) < 4.78 is 10.3. The highest BCUT2D eigenvalue weighted by Gasteiger charge is 2.28. The van der Waals surface area contributed by atoms with E-state index in [1.807, 2.05) is 30.3 Å². The van der Waals surface area contributed by atoms with Gasteiger partial charge in [-0.1, -0.05) is 30.3 Å². The lowest BCUT2D eigenvalue weighted by Crippen LogP contribution is -2.40. The van der Waals surface area contributed by atoms with Crippen molar-refractivity contribution in [2.45, 2.75) is 19.1 Å². The Balaban J connectivity index is 1.89. The van der Waals surface area contributed by atoms with Gasteiger partial charge in [-0.15, -0.1) is 0 Å². The molecule has 1 heterocycles. The molecule has 0 radical (unpaired) electrons. The average molecular weight is 279 g/mol. The highest BCUT2D eigenvalue weighted by Crippen LogP contribution is 2.09. The van der Waals surface area contributed by atoms with Crippen LogP contribution in [0.1, 0.15) is 12.0 Å². The number of carbonyl (C=O) groups excluding carboxylic acids is 1. The summed E-state index contributed by atoms with van der Waals surface area (Å²) in [6.45, 7) is 0.967. The first-order valence-electron chi connectivity index (χ1n) is 6.47. The minimum atomic E-state index is -1.06. The highest BCUT2D eigenvalue weighted by atomic mass is 16.6. The van der Waals surface area contributed by atoms with E-state index < -0.39 is 18.2 Å². The third-order valence-corrected chi connectivity index (χ3v) is 3.02. The Morgan fingerprint density at radius 3 is 2.80 bits per heavy atom. The third kappa shape index (κ3) is 3.96. The third-order valence-electron chi connectivity index (χ3n) is 3.02. The molecule has 0 spiro atoms. The van der Waals surface area contributed by atoms with Crippen molar-refractivity contribution in [3.05, 3.63) is 35.9 Å². The second-order valence-electron chi connectivity index (χ2n) is 4.54. The number of aliphatic carboxylic acids is 1. The van der Waals surface area contributed by atoms with Crippen LogP contribution in [0.25, 0.3) is 0 Å². The Hall–Kier alpha value is -2.08. The second-order valence-corrected chi connectivity index (χ2v) is 4.54. The lowest BCUT2D eigenvalue weighted by Gasteiger charge is -2.21. The van der Waals surface area contributed by atoms with Gasteiger partial charge in [-0.3, -0.25) is 0 Å². The van der Waals surface area contributed by atoms with Crippen molar-refractivity contribution < 1.29 is 24.2 Å². The van der Waals surface area contributed by atoms with Gasteiger partial charge in [0.05, 0.1) is 6.54 Å². The quantitative estimate of drug-likeness (QED) is 0.907. The normalized spacial score (nSPS) is 19.2. The number of nitrogens with zero attached hydrogens (tertiary/aromatic N) is 1. The van der Waals surface area contributed by atoms with Crippen LogP contribution in [0.3, 0.4) is 0 Å². The van der Waals surface area contributed by atoms with Crippen LogP contribution in [0.5, 0.6) is 0 Å². The minimum absolute atomic E-state index is 0.0168. The first kappa shape index (κ1) is 14.3. The highest BCUT2D eigenvalue weighted by molar-refractivity contribution is 5.74. The summed E-state index contributed by atoms with van der Waals surface area (Å²) in [6, 6.07) is 9.33. The Bertz CT molecular complexity index is 462. The summed E-state index contributed by atoms with van der Waals surface area (Å²) in [5, 5.41) is 8.97. The SMILES string of the molecule is O=C(O)[C@H]1CN(C(=O)OCc2ccccc2)CCCO1. The number of hydrogen-bond acceptors (Lipinski definition) is 4. The summed E-state index contributed by atoms with van der Waals surface area (Å²) in [5.41, 5.74) is 0.890. The summed E-state index contributed by atoms with van der Waals surface area (Å²) >= 11 is 0. The molecule has 1 amide bonds. The van der Waals surface area contributed by atoms with E-state index in [4.69, 9.17) is 14.6 Å². The van der Waals surface area contributed by atoms with E-state index in [-0.39, 0.29) is 13.2 Å². The fourth-order valence-electron chi connectivity index (χ4n) is 1.95. The molecule has 0 aromatic heterocycles. The Morgan fingerprint density at radius 1 is 1.35 bits per heavy atom. The maximum absolute atomic E-state index is 11.9. The van der Waals surface area contributed by atoms with E-state index in [9.17, 15) is 9.59 Å². The molecule has 1 aromatic carbocycles. The zero-order valence-corrected chi connectivity index (χ0v) is 11.0. The van der Waals surface area contributed by atoms with E-state index in [2.05, 4.69) is 0 Å². The number of benzene rings is 1. The Morgan fingerprint density at radius 2 is 2.10 bits per heavy atom. The van der Waals surface area contributed by atoms with Crippen LogP contribution in [-0.4, -0.2) is 47.9 Å². The van der Waals surface area contributed by atoms with E-state index >= 15 is 0 Å². The van der Waals surface area contributed by atoms with Gasteiger partial charge in [-0.2, -0.15) is 0 Å². The minimum Gasteiger partial charge on any atom is -0.479 e. The van der Waals surface area contributed by atoms with Gasteiger partial charge in [-0.25, -0.2) is 9.59 Å². The van der Waals surface area contributed by atoms with Crippen molar-refractivity contribution in [1.29, 1.82) is 0 Å². The standard InChI is InChI=1S/C14H17NO5/c16-13(17)12-9-15(7-4-8-19-12)14(18)20-10-11-5-2-1-3-6-11/h1-3,5-6,12H,4,7-10H2,(H,16,17)/t12-/m1/s1. The van der Waals surface area contributed by atoms with Gasteiger partial charge in [0.2, 0.25) is 0 Å². The molecule has 1 aliphatic heterocycles. The lowest BCUT2D eigenvalue weighted by molar-refractivity contribution is -0.150. The van der Waals surface area contributed by atoms with Crippen LogP contribution < -0.4 is 0 Å². The number of carboxylic acids is 1. The molecule has 2 rings (SSSR count). The Labute approximate surface area is 116 Å². The van der Waals surface area contributed by atoms with E-state index in [1.165, 1.54) is 4.90 Å². The number of carboxylic acid groups (broad SMARTS) is 1. The topological polar surface area (TPSA) is 76.1 Å². The number of hydrogen-bond donors (Lipinski definition) is 1. The molecule has 1 aliphatic rings. The summed E-state index contributed by atoms with van der Waals surface area (Å²) in [5.74, 6) is -1.06. The van der Waals surface area contributed by atoms with Crippen LogP contribution >= 0.6 is 0 Å². The molecular formula is C14H17NO5. The van der Waals surface area contributed by atoms with Crippen molar-refractivity contribution >= 4 is 12.1 Å². The first-order valence-corrected chi connectivity index (χ1v) is 6.47. The van der Waals surface area contributed by atoms with Crippen molar-refractivity contribution in [2.24, 2.45) is 0 Å². The van der Waals surface area contributed by atoms with Crippen LogP contribution in [0.4, 0.5) is 4.79 Å². The predicted molar refractivity (Wildman–Crippen MR) is 70.2 cm³/mol. The summed E-state index contributed by atoms with van der Waals surface area (Å²) in [6.07, 6.45) is -0.892. The largest absolute Gasteiger partial charge is 0.479 e. The molecule has 0 bridgehead atoms. The maximum atomic E-state index is 11.9. The van der Waals surface area contributed by atoms with Crippen molar-refractivity contribution in [1.82, 2.24) is 4.90 Å². The maximum Gasteiger partial charge on any atom is 0.410 e. The zero-order chi connectivity index (χ0) is 14.4. The molecule has 20 heavy (non-hydrogen) atoms. The van der Waals surface area contributed by atoms with Gasteiger partial charge in [-0.05, 0) is 12.0 Å². The number of amides is 1. The van der Waals surface area contributed by atoms with E-state index in [1.54, 1.807) is 0 Å². The van der Waals surface area contributed by atoms with Gasteiger partial charge in [0, 0.05) is 13.2 Å². The molecule has 1 N–H and O–H groups in total. The van der Waals surface area contributed by atoms with Crippen molar-refractivity contribution in [3.8, 4) is 0 Å². The fraction of sp³-hybridized carbons (Fsp3) is 0.429. The first-order chi connectivity index (χ1) is 9.66. The molecule has 1 aromatic rings. The molecule has 1 fully saturated rings. The molecule has 108 valence electrons. The fourth-order valence-corrected chi connectivity index (χ4v) is 1.95. The predicted octanol–water partition coefficient (Wildman–Crippen LogP) is 1.50. The Kier molecular flexibility index (Phi) is 4.95. The molecule has 1 atom stereocenters. The molecule has 6 nitrogen and oxygen atoms in total. The van der Waals surface area contributed by atoms with Gasteiger partial charge in [0.15, 0.2) is 6.10 Å². The lowest BCUT2D eigenvalue weighted by atomic mass is 10.2. The van der Waals surface area contributed by atoms with Gasteiger partial charge in [0.1, 0.15) is 6.61 Å². The molecule has 1 saturated heterocycles. The molecule has 0 unspecified atom stereocenters. The summed E-state index contributed by atoms with van der Waals surface area (Å²) in [4.78, 5) is 24.3. The zero-order valence-electron chi connectivity index (χ0n) is 11.0. The van der Waals surface area contributed by atoms with Crippen LogP contribution in [0.15, 0.2) is 30.3 Å². The van der Waals surface area contributed by atoms with Gasteiger partial charge >= 0.3 is 12.1 Å². The van der Waals surface area contributed by atoms with Crippen LogP contribution in [0, 0.1) is 0 Å². The smallest absolute Gasteiger partial charge is 0.410 e. The van der Waals surface area contributed by atoms with Gasteiger partial charge in [0.25, 0.3) is 0 Å². The average Bonchev–Trinajstić information content (AvgIpc) is 2.72. The van der Waals surface area contributed by atoms with E-state index in [0.29, 0.717) is 19.6 Å².